The molecule has 1 amide bonds. The Bertz CT molecular complexity index is 1480. The zero-order valence-electron chi connectivity index (χ0n) is 19.7. The number of amides is 1. The second kappa shape index (κ2) is 8.34. The van der Waals surface area contributed by atoms with Crippen molar-refractivity contribution in [2.24, 2.45) is 0 Å². The molecule has 6 nitrogen and oxygen atoms in total. The van der Waals surface area contributed by atoms with Crippen LogP contribution in [0, 0.1) is 19.7 Å². The maximum absolute atomic E-state index is 14.3. The molecule has 35 heavy (non-hydrogen) atoms. The highest BCUT2D eigenvalue weighted by atomic mass is 19.1. The van der Waals surface area contributed by atoms with Crippen LogP contribution in [0.2, 0.25) is 0 Å². The number of nitrogens with zero attached hydrogens (tertiary/aromatic N) is 4. The first-order valence-corrected chi connectivity index (χ1v) is 11.8. The van der Waals surface area contributed by atoms with Gasteiger partial charge in [0.25, 0.3) is 0 Å². The van der Waals surface area contributed by atoms with E-state index in [1.54, 1.807) is 24.1 Å². The number of carbonyl (C=O) groups is 1. The topological polar surface area (TPSA) is 64.2 Å². The number of oxazole rings is 1. The lowest BCUT2D eigenvalue weighted by Gasteiger charge is -2.24. The minimum atomic E-state index is -0.277. The second-order valence-electron chi connectivity index (χ2n) is 9.40. The monoisotopic (exact) mass is 468 g/mol. The van der Waals surface area contributed by atoms with Crippen LogP contribution in [0.1, 0.15) is 53.6 Å². The minimum absolute atomic E-state index is 0.0994. The molecule has 0 spiro atoms. The molecule has 4 aromatic rings. The Labute approximate surface area is 202 Å². The highest BCUT2D eigenvalue weighted by Gasteiger charge is 2.27. The molecule has 0 atom stereocenters. The molecular formula is C28H25FN4O2. The van der Waals surface area contributed by atoms with Crippen LogP contribution in [0.25, 0.3) is 22.8 Å². The SMILES string of the molecule is Cc1cnc(C2=Cc3ccc(-c4cnn(C5CC5)c4)cc3N(Cc3ccc(C)c(F)c3)C(=O)C2)o1. The van der Waals surface area contributed by atoms with E-state index >= 15 is 0 Å². The number of anilines is 1. The first-order chi connectivity index (χ1) is 16.9. The number of aromatic nitrogens is 3. The molecule has 2 aromatic heterocycles. The predicted molar refractivity (Wildman–Crippen MR) is 132 cm³/mol. The molecule has 176 valence electrons. The van der Waals surface area contributed by atoms with E-state index in [4.69, 9.17) is 4.42 Å². The molecule has 6 rings (SSSR count). The van der Waals surface area contributed by atoms with Crippen molar-refractivity contribution in [3.05, 3.63) is 89.1 Å². The van der Waals surface area contributed by atoms with Gasteiger partial charge in [-0.25, -0.2) is 9.37 Å². The molecule has 1 aliphatic heterocycles. The van der Waals surface area contributed by atoms with Gasteiger partial charge in [0.2, 0.25) is 11.8 Å². The molecule has 0 radical (unpaired) electrons. The Morgan fingerprint density at radius 1 is 1.09 bits per heavy atom. The standard InChI is InChI=1S/C28H25FN4O2/c1-17-3-4-19(9-25(17)29)15-32-26-11-20(23-14-31-33(16-23)24-7-8-24)5-6-21(26)10-22(12-27(32)34)28-30-13-18(2)35-28/h3-6,9-11,13-14,16,24H,7-8,12,15H2,1-2H3. The van der Waals surface area contributed by atoms with Gasteiger partial charge in [0, 0.05) is 17.3 Å². The van der Waals surface area contributed by atoms with Crippen LogP contribution in [0.5, 0.6) is 0 Å². The fourth-order valence-electron chi connectivity index (χ4n) is 4.47. The van der Waals surface area contributed by atoms with Crippen LogP contribution in [-0.2, 0) is 11.3 Å². The summed E-state index contributed by atoms with van der Waals surface area (Å²) in [4.78, 5) is 19.7. The van der Waals surface area contributed by atoms with Crippen molar-refractivity contribution in [3.8, 4) is 11.1 Å². The summed E-state index contributed by atoms with van der Waals surface area (Å²) in [5, 5.41) is 4.52. The third-order valence-electron chi connectivity index (χ3n) is 6.62. The molecule has 0 saturated heterocycles. The summed E-state index contributed by atoms with van der Waals surface area (Å²) in [7, 11) is 0. The van der Waals surface area contributed by atoms with Gasteiger partial charge in [-0.3, -0.25) is 9.48 Å². The van der Waals surface area contributed by atoms with Crippen LogP contribution in [0.4, 0.5) is 10.1 Å². The molecule has 1 saturated carbocycles. The normalized spacial score (nSPS) is 15.7. The summed E-state index contributed by atoms with van der Waals surface area (Å²) in [6.45, 7) is 3.82. The van der Waals surface area contributed by atoms with Crippen LogP contribution in [-0.4, -0.2) is 20.7 Å². The molecule has 2 aliphatic rings. The minimum Gasteiger partial charge on any atom is -0.442 e. The molecule has 0 N–H and O–H groups in total. The summed E-state index contributed by atoms with van der Waals surface area (Å²) >= 11 is 0. The molecule has 1 aliphatic carbocycles. The number of hydrogen-bond acceptors (Lipinski definition) is 4. The van der Waals surface area contributed by atoms with E-state index in [9.17, 15) is 9.18 Å². The lowest BCUT2D eigenvalue weighted by Crippen LogP contribution is -2.30. The molecule has 0 unspecified atom stereocenters. The average Bonchev–Trinajstić information content (AvgIpc) is 3.45. The van der Waals surface area contributed by atoms with Crippen molar-refractivity contribution in [1.82, 2.24) is 14.8 Å². The molecule has 7 heteroatoms. The number of rotatable bonds is 5. The van der Waals surface area contributed by atoms with E-state index in [0.717, 1.165) is 46.4 Å². The van der Waals surface area contributed by atoms with E-state index in [1.807, 2.05) is 48.1 Å². The molecule has 0 bridgehead atoms. The summed E-state index contributed by atoms with van der Waals surface area (Å²) in [6.07, 6.45) is 10.0. The lowest BCUT2D eigenvalue weighted by atomic mass is 10.0. The van der Waals surface area contributed by atoms with Gasteiger partial charge in [0.15, 0.2) is 0 Å². The van der Waals surface area contributed by atoms with Gasteiger partial charge >= 0.3 is 0 Å². The lowest BCUT2D eigenvalue weighted by molar-refractivity contribution is -0.117. The molecular weight excluding hydrogens is 443 g/mol. The van der Waals surface area contributed by atoms with Crippen LogP contribution < -0.4 is 4.90 Å². The second-order valence-corrected chi connectivity index (χ2v) is 9.40. The van der Waals surface area contributed by atoms with Crippen LogP contribution in [0.3, 0.4) is 0 Å². The van der Waals surface area contributed by atoms with Crippen molar-refractivity contribution in [2.45, 2.75) is 45.7 Å². The summed E-state index contributed by atoms with van der Waals surface area (Å²) in [6, 6.07) is 11.7. The number of carbonyl (C=O) groups excluding carboxylic acids is 1. The fourth-order valence-corrected chi connectivity index (χ4v) is 4.47. The first kappa shape index (κ1) is 21.5. The average molecular weight is 469 g/mol. The number of benzene rings is 2. The summed E-state index contributed by atoms with van der Waals surface area (Å²) in [5.41, 5.74) is 5.66. The van der Waals surface area contributed by atoms with Crippen molar-refractivity contribution in [2.75, 3.05) is 4.90 Å². The maximum Gasteiger partial charge on any atom is 0.231 e. The Balaban J connectivity index is 1.43. The van der Waals surface area contributed by atoms with E-state index in [2.05, 4.69) is 16.3 Å². The Morgan fingerprint density at radius 2 is 1.94 bits per heavy atom. The van der Waals surface area contributed by atoms with Gasteiger partial charge in [0.1, 0.15) is 11.6 Å². The largest absolute Gasteiger partial charge is 0.442 e. The van der Waals surface area contributed by atoms with Crippen molar-refractivity contribution < 1.29 is 13.6 Å². The third kappa shape index (κ3) is 4.18. The van der Waals surface area contributed by atoms with Crippen LogP contribution >= 0.6 is 0 Å². The fraction of sp³-hybridized carbons (Fsp3) is 0.250. The van der Waals surface area contributed by atoms with Gasteiger partial charge < -0.3 is 9.32 Å². The van der Waals surface area contributed by atoms with Crippen molar-refractivity contribution >= 4 is 23.2 Å². The molecule has 1 fully saturated rings. The van der Waals surface area contributed by atoms with Gasteiger partial charge in [0.05, 0.1) is 37.1 Å². The maximum atomic E-state index is 14.3. The van der Waals surface area contributed by atoms with Crippen molar-refractivity contribution in [3.63, 3.8) is 0 Å². The van der Waals surface area contributed by atoms with Gasteiger partial charge in [-0.05, 0) is 67.2 Å². The number of aryl methyl sites for hydroxylation is 2. The molecule has 3 heterocycles. The Morgan fingerprint density at radius 3 is 2.69 bits per heavy atom. The number of hydrogen-bond donors (Lipinski definition) is 0. The van der Waals surface area contributed by atoms with Crippen LogP contribution in [0.15, 0.2) is 59.4 Å². The van der Waals surface area contributed by atoms with Crippen molar-refractivity contribution in [1.29, 1.82) is 0 Å². The number of halogens is 1. The smallest absolute Gasteiger partial charge is 0.231 e. The quantitative estimate of drug-likeness (QED) is 0.355. The van der Waals surface area contributed by atoms with E-state index in [1.165, 1.54) is 6.07 Å². The highest BCUT2D eigenvalue weighted by molar-refractivity contribution is 6.06. The van der Waals surface area contributed by atoms with Gasteiger partial charge in [-0.15, -0.1) is 0 Å². The number of fused-ring (bicyclic) bond motifs is 1. The third-order valence-corrected chi connectivity index (χ3v) is 6.62. The summed E-state index contributed by atoms with van der Waals surface area (Å²) < 4.78 is 22.1. The zero-order valence-corrected chi connectivity index (χ0v) is 19.7. The Kier molecular flexibility index (Phi) is 5.13. The highest BCUT2D eigenvalue weighted by Crippen LogP contribution is 2.38. The van der Waals surface area contributed by atoms with Gasteiger partial charge in [-0.1, -0.05) is 24.3 Å². The first-order valence-electron chi connectivity index (χ1n) is 11.8. The zero-order chi connectivity index (χ0) is 24.1. The van der Waals surface area contributed by atoms with E-state index in [0.29, 0.717) is 23.3 Å². The predicted octanol–water partition coefficient (Wildman–Crippen LogP) is 6.11. The van der Waals surface area contributed by atoms with E-state index in [-0.39, 0.29) is 24.7 Å². The Hall–Kier alpha value is -4.00. The summed E-state index contributed by atoms with van der Waals surface area (Å²) in [5.74, 6) is 0.755. The van der Waals surface area contributed by atoms with Gasteiger partial charge in [-0.2, -0.15) is 5.10 Å². The van der Waals surface area contributed by atoms with E-state index < -0.39 is 0 Å². The molecule has 2 aromatic carbocycles.